The van der Waals surface area contributed by atoms with E-state index >= 15 is 0 Å². The number of likely N-dealkylation sites (tertiary alicyclic amines) is 1. The number of halogens is 1. The number of hydrogen-bond donors (Lipinski definition) is 1. The standard InChI is InChI=1S/C28H27ClN4O2S/c29-23-8-3-2-7-21(23)19-34-22-12-10-20(11-13-22)27-32-24(17-30)28(35-27)31-18-25(26-9-6-16-36-26)33-14-4-1-5-15-33/h2-3,6-13,16,25,31H,1,4-5,14-15,18-19H2/t25-/m1/s1. The topological polar surface area (TPSA) is 74.3 Å². The van der Waals surface area contributed by atoms with E-state index in [0.29, 0.717) is 35.7 Å². The summed E-state index contributed by atoms with van der Waals surface area (Å²) in [6.07, 6.45) is 3.72. The van der Waals surface area contributed by atoms with Gasteiger partial charge in [-0.25, -0.2) is 0 Å². The Morgan fingerprint density at radius 3 is 2.61 bits per heavy atom. The van der Waals surface area contributed by atoms with Crippen molar-refractivity contribution in [1.29, 1.82) is 5.26 Å². The van der Waals surface area contributed by atoms with Crippen molar-refractivity contribution >= 4 is 28.8 Å². The zero-order chi connectivity index (χ0) is 24.7. The van der Waals surface area contributed by atoms with E-state index in [2.05, 4.69) is 38.8 Å². The van der Waals surface area contributed by atoms with E-state index in [4.69, 9.17) is 20.8 Å². The molecule has 1 saturated heterocycles. The molecule has 1 fully saturated rings. The molecule has 1 aliphatic heterocycles. The fourth-order valence-corrected chi connectivity index (χ4v) is 5.47. The van der Waals surface area contributed by atoms with Crippen molar-refractivity contribution in [2.24, 2.45) is 0 Å². The van der Waals surface area contributed by atoms with E-state index < -0.39 is 0 Å². The Morgan fingerprint density at radius 1 is 1.08 bits per heavy atom. The molecule has 2 aromatic heterocycles. The van der Waals surface area contributed by atoms with Crippen LogP contribution in [0.3, 0.4) is 0 Å². The van der Waals surface area contributed by atoms with Gasteiger partial charge in [-0.2, -0.15) is 10.2 Å². The molecule has 5 rings (SSSR count). The van der Waals surface area contributed by atoms with Crippen LogP contribution >= 0.6 is 22.9 Å². The van der Waals surface area contributed by atoms with Gasteiger partial charge in [0.05, 0.1) is 6.04 Å². The second kappa shape index (κ2) is 11.6. The number of anilines is 1. The number of oxazole rings is 1. The predicted octanol–water partition coefficient (Wildman–Crippen LogP) is 7.15. The number of nitrogens with zero attached hydrogens (tertiary/aromatic N) is 3. The van der Waals surface area contributed by atoms with Crippen LogP contribution in [0.15, 0.2) is 70.5 Å². The number of piperidine rings is 1. The van der Waals surface area contributed by atoms with Gasteiger partial charge in [0.15, 0.2) is 0 Å². The molecule has 0 spiro atoms. The molecule has 0 radical (unpaired) electrons. The van der Waals surface area contributed by atoms with Crippen LogP contribution in [-0.2, 0) is 6.61 Å². The van der Waals surface area contributed by atoms with Gasteiger partial charge in [0.1, 0.15) is 18.4 Å². The summed E-state index contributed by atoms with van der Waals surface area (Å²) in [7, 11) is 0. The molecule has 3 heterocycles. The maximum Gasteiger partial charge on any atom is 0.232 e. The van der Waals surface area contributed by atoms with Gasteiger partial charge in [-0.1, -0.05) is 42.3 Å². The van der Waals surface area contributed by atoms with Crippen LogP contribution in [0.1, 0.15) is 41.4 Å². The molecular weight excluding hydrogens is 492 g/mol. The van der Waals surface area contributed by atoms with E-state index in [1.807, 2.05) is 48.5 Å². The highest BCUT2D eigenvalue weighted by Gasteiger charge is 2.24. The molecule has 36 heavy (non-hydrogen) atoms. The lowest BCUT2D eigenvalue weighted by molar-refractivity contribution is 0.172. The summed E-state index contributed by atoms with van der Waals surface area (Å²) in [5.41, 5.74) is 1.96. The number of aromatic nitrogens is 1. The van der Waals surface area contributed by atoms with Crippen LogP contribution < -0.4 is 10.1 Å². The lowest BCUT2D eigenvalue weighted by Crippen LogP contribution is -2.36. The first-order valence-electron chi connectivity index (χ1n) is 12.1. The van der Waals surface area contributed by atoms with E-state index in [-0.39, 0.29) is 11.7 Å². The van der Waals surface area contributed by atoms with Crippen molar-refractivity contribution in [3.8, 4) is 23.3 Å². The number of hydrogen-bond acceptors (Lipinski definition) is 7. The highest BCUT2D eigenvalue weighted by Crippen LogP contribution is 2.31. The maximum atomic E-state index is 9.67. The van der Waals surface area contributed by atoms with E-state index in [0.717, 1.165) is 24.2 Å². The number of nitrogens with one attached hydrogen (secondary N) is 1. The quantitative estimate of drug-likeness (QED) is 0.253. The predicted molar refractivity (Wildman–Crippen MR) is 143 cm³/mol. The third-order valence-corrected chi connectivity index (χ3v) is 7.69. The fourth-order valence-electron chi connectivity index (χ4n) is 4.42. The van der Waals surface area contributed by atoms with Crippen molar-refractivity contribution < 1.29 is 9.15 Å². The summed E-state index contributed by atoms with van der Waals surface area (Å²) in [6, 6.07) is 21.8. The number of ether oxygens (including phenoxy) is 1. The minimum absolute atomic E-state index is 0.236. The Balaban J connectivity index is 1.27. The third-order valence-electron chi connectivity index (χ3n) is 6.35. The van der Waals surface area contributed by atoms with Crippen LogP contribution in [-0.4, -0.2) is 29.5 Å². The van der Waals surface area contributed by atoms with E-state index in [1.54, 1.807) is 11.3 Å². The molecule has 0 unspecified atom stereocenters. The molecule has 0 saturated carbocycles. The number of benzene rings is 2. The highest BCUT2D eigenvalue weighted by atomic mass is 35.5. The van der Waals surface area contributed by atoms with E-state index in [1.165, 1.54) is 24.1 Å². The zero-order valence-corrected chi connectivity index (χ0v) is 21.4. The largest absolute Gasteiger partial charge is 0.489 e. The zero-order valence-electron chi connectivity index (χ0n) is 19.8. The molecule has 184 valence electrons. The lowest BCUT2D eigenvalue weighted by Gasteiger charge is -2.34. The summed E-state index contributed by atoms with van der Waals surface area (Å²) in [4.78, 5) is 8.26. The Hall–Kier alpha value is -3.31. The Bertz CT molecular complexity index is 1310. The first-order chi connectivity index (χ1) is 17.7. The maximum absolute atomic E-state index is 9.67. The second-order valence-electron chi connectivity index (χ2n) is 8.72. The minimum Gasteiger partial charge on any atom is -0.489 e. The average Bonchev–Trinajstić information content (AvgIpc) is 3.60. The van der Waals surface area contributed by atoms with Crippen LogP contribution in [0.4, 0.5) is 5.88 Å². The fraction of sp³-hybridized carbons (Fsp3) is 0.286. The molecule has 4 aromatic rings. The number of rotatable bonds is 9. The summed E-state index contributed by atoms with van der Waals surface area (Å²) < 4.78 is 11.9. The van der Waals surface area contributed by atoms with Gasteiger partial charge in [-0.3, -0.25) is 4.90 Å². The Labute approximate surface area is 220 Å². The van der Waals surface area contributed by atoms with Gasteiger partial charge in [-0.05, 0) is 67.7 Å². The SMILES string of the molecule is N#Cc1nc(-c2ccc(OCc3ccccc3Cl)cc2)oc1NC[C@H](c1cccs1)N1CCCCC1. The summed E-state index contributed by atoms with van der Waals surface area (Å²) in [5, 5.41) is 15.8. The van der Waals surface area contributed by atoms with Crippen molar-refractivity contribution in [2.45, 2.75) is 31.9 Å². The molecule has 0 amide bonds. The molecule has 0 bridgehead atoms. The second-order valence-corrected chi connectivity index (χ2v) is 10.1. The van der Waals surface area contributed by atoms with Crippen LogP contribution in [0, 0.1) is 11.3 Å². The highest BCUT2D eigenvalue weighted by molar-refractivity contribution is 7.10. The van der Waals surface area contributed by atoms with Crippen LogP contribution in [0.2, 0.25) is 5.02 Å². The van der Waals surface area contributed by atoms with Gasteiger partial charge in [0, 0.05) is 27.6 Å². The van der Waals surface area contributed by atoms with E-state index in [9.17, 15) is 5.26 Å². The normalized spacial score (nSPS) is 14.8. The number of nitriles is 1. The molecule has 6 nitrogen and oxygen atoms in total. The molecule has 1 N–H and O–H groups in total. The van der Waals surface area contributed by atoms with Gasteiger partial charge in [0.25, 0.3) is 0 Å². The van der Waals surface area contributed by atoms with Gasteiger partial charge in [0.2, 0.25) is 17.5 Å². The van der Waals surface area contributed by atoms with Crippen molar-refractivity contribution in [3.05, 3.63) is 87.2 Å². The molecule has 8 heteroatoms. The molecule has 1 atom stereocenters. The molecule has 1 aliphatic rings. The first kappa shape index (κ1) is 24.4. The van der Waals surface area contributed by atoms with Crippen molar-refractivity contribution in [3.63, 3.8) is 0 Å². The summed E-state index contributed by atoms with van der Waals surface area (Å²) >= 11 is 7.97. The monoisotopic (exact) mass is 518 g/mol. The smallest absolute Gasteiger partial charge is 0.232 e. The lowest BCUT2D eigenvalue weighted by atomic mass is 10.1. The molecule has 2 aromatic carbocycles. The molecule has 0 aliphatic carbocycles. The van der Waals surface area contributed by atoms with Crippen LogP contribution in [0.25, 0.3) is 11.5 Å². The van der Waals surface area contributed by atoms with Crippen molar-refractivity contribution in [2.75, 3.05) is 25.0 Å². The van der Waals surface area contributed by atoms with Gasteiger partial charge in [-0.15, -0.1) is 11.3 Å². The van der Waals surface area contributed by atoms with Crippen LogP contribution in [0.5, 0.6) is 5.75 Å². The first-order valence-corrected chi connectivity index (χ1v) is 13.4. The minimum atomic E-state index is 0.236. The summed E-state index contributed by atoms with van der Waals surface area (Å²) in [6.45, 7) is 3.20. The molecular formula is C28H27ClN4O2S. The Morgan fingerprint density at radius 2 is 1.89 bits per heavy atom. The average molecular weight is 519 g/mol. The summed E-state index contributed by atoms with van der Waals surface area (Å²) in [5.74, 6) is 1.52. The van der Waals surface area contributed by atoms with Gasteiger partial charge < -0.3 is 14.5 Å². The Kier molecular flexibility index (Phi) is 7.87. The van der Waals surface area contributed by atoms with Gasteiger partial charge >= 0.3 is 0 Å². The van der Waals surface area contributed by atoms with Crippen molar-refractivity contribution in [1.82, 2.24) is 9.88 Å². The third kappa shape index (κ3) is 5.73. The number of thiophene rings is 1.